The lowest BCUT2D eigenvalue weighted by Gasteiger charge is -2.12. The molecule has 0 atom stereocenters. The van der Waals surface area contributed by atoms with Gasteiger partial charge in [0.1, 0.15) is 0 Å². The van der Waals surface area contributed by atoms with Crippen molar-refractivity contribution in [3.05, 3.63) is 53.1 Å². The van der Waals surface area contributed by atoms with Gasteiger partial charge in [0, 0.05) is 5.69 Å². The summed E-state index contributed by atoms with van der Waals surface area (Å²) in [5, 5.41) is 3.38. The van der Waals surface area contributed by atoms with Gasteiger partial charge < -0.3 is 11.1 Å². The molecule has 2 aromatic carbocycles. The summed E-state index contributed by atoms with van der Waals surface area (Å²) in [6.07, 6.45) is 2.31. The van der Waals surface area contributed by atoms with E-state index in [0.29, 0.717) is 0 Å². The maximum absolute atomic E-state index is 6.05. The number of nitrogens with two attached hydrogens (primary N) is 1. The van der Waals surface area contributed by atoms with Crippen molar-refractivity contribution in [3.8, 4) is 0 Å². The monoisotopic (exact) mass is 254 g/mol. The van der Waals surface area contributed by atoms with Crippen molar-refractivity contribution < 1.29 is 0 Å². The van der Waals surface area contributed by atoms with Gasteiger partial charge in [0.2, 0.25) is 0 Å². The molecule has 2 heteroatoms. The predicted molar refractivity (Wildman–Crippen MR) is 84.0 cm³/mol. The molecule has 0 saturated carbocycles. The van der Waals surface area contributed by atoms with Gasteiger partial charge >= 0.3 is 0 Å². The number of hydrogen-bond donors (Lipinski definition) is 2. The average Bonchev–Trinajstić information content (AvgIpc) is 2.38. The van der Waals surface area contributed by atoms with Crippen LogP contribution in [0, 0.1) is 13.8 Å². The molecular formula is C17H22N2. The van der Waals surface area contributed by atoms with Crippen molar-refractivity contribution in [2.75, 3.05) is 11.1 Å². The van der Waals surface area contributed by atoms with Crippen LogP contribution in [0.25, 0.3) is 0 Å². The second-order valence-corrected chi connectivity index (χ2v) is 5.10. The summed E-state index contributed by atoms with van der Waals surface area (Å²) in [6, 6.07) is 12.7. The minimum absolute atomic E-state index is 0.792. The van der Waals surface area contributed by atoms with E-state index in [0.717, 1.165) is 23.5 Å². The summed E-state index contributed by atoms with van der Waals surface area (Å²) in [5.41, 5.74) is 12.8. The Hall–Kier alpha value is -1.96. The topological polar surface area (TPSA) is 38.0 Å². The van der Waals surface area contributed by atoms with Crippen molar-refractivity contribution in [3.63, 3.8) is 0 Å². The smallest absolute Gasteiger partial charge is 0.0620 e. The minimum atomic E-state index is 0.792. The fourth-order valence-electron chi connectivity index (χ4n) is 2.15. The van der Waals surface area contributed by atoms with Crippen molar-refractivity contribution >= 4 is 17.1 Å². The van der Waals surface area contributed by atoms with Crippen LogP contribution in [0.1, 0.15) is 30.0 Å². The van der Waals surface area contributed by atoms with Crippen molar-refractivity contribution in [2.45, 2.75) is 33.6 Å². The van der Waals surface area contributed by atoms with Gasteiger partial charge in [0.05, 0.1) is 11.4 Å². The van der Waals surface area contributed by atoms with E-state index in [4.69, 9.17) is 5.73 Å². The van der Waals surface area contributed by atoms with Crippen molar-refractivity contribution in [1.82, 2.24) is 0 Å². The summed E-state index contributed by atoms with van der Waals surface area (Å²) in [5.74, 6) is 0. The van der Waals surface area contributed by atoms with E-state index in [9.17, 15) is 0 Å². The van der Waals surface area contributed by atoms with Crippen LogP contribution in [0.4, 0.5) is 17.1 Å². The maximum atomic E-state index is 6.05. The summed E-state index contributed by atoms with van der Waals surface area (Å²) >= 11 is 0. The Balaban J connectivity index is 2.19. The fourth-order valence-corrected chi connectivity index (χ4v) is 2.15. The molecule has 0 radical (unpaired) electrons. The molecule has 0 aliphatic rings. The van der Waals surface area contributed by atoms with E-state index in [1.165, 1.54) is 23.1 Å². The lowest BCUT2D eigenvalue weighted by atomic mass is 10.1. The molecule has 0 aromatic heterocycles. The highest BCUT2D eigenvalue weighted by atomic mass is 14.9. The summed E-state index contributed by atoms with van der Waals surface area (Å²) in [4.78, 5) is 0. The van der Waals surface area contributed by atoms with Crippen LogP contribution in [0.3, 0.4) is 0 Å². The molecule has 0 heterocycles. The quantitative estimate of drug-likeness (QED) is 0.784. The van der Waals surface area contributed by atoms with E-state index in [2.05, 4.69) is 56.4 Å². The molecule has 19 heavy (non-hydrogen) atoms. The van der Waals surface area contributed by atoms with Crippen LogP contribution in [0.5, 0.6) is 0 Å². The second kappa shape index (κ2) is 5.79. The number of rotatable bonds is 4. The standard InChI is InChI=1S/C17H22N2/c1-4-5-14-6-8-15(9-7-14)19-17-11-13(3)12(2)10-16(17)18/h6-11,19H,4-5,18H2,1-3H3. The van der Waals surface area contributed by atoms with Gasteiger partial charge in [-0.3, -0.25) is 0 Å². The van der Waals surface area contributed by atoms with Crippen LogP contribution in [0.2, 0.25) is 0 Å². The minimum Gasteiger partial charge on any atom is -0.397 e. The number of anilines is 3. The van der Waals surface area contributed by atoms with Crippen LogP contribution in [-0.4, -0.2) is 0 Å². The van der Waals surface area contributed by atoms with Crippen LogP contribution in [-0.2, 0) is 6.42 Å². The Morgan fingerprint density at radius 2 is 1.63 bits per heavy atom. The Kier molecular flexibility index (Phi) is 4.10. The molecule has 0 unspecified atom stereocenters. The number of aryl methyl sites for hydroxylation is 3. The molecule has 0 aliphatic heterocycles. The first-order valence-corrected chi connectivity index (χ1v) is 6.83. The van der Waals surface area contributed by atoms with E-state index < -0.39 is 0 Å². The number of nitrogen functional groups attached to an aromatic ring is 1. The van der Waals surface area contributed by atoms with Gasteiger partial charge in [-0.2, -0.15) is 0 Å². The molecule has 0 bridgehead atoms. The van der Waals surface area contributed by atoms with Crippen molar-refractivity contribution in [1.29, 1.82) is 0 Å². The van der Waals surface area contributed by atoms with Gasteiger partial charge in [0.15, 0.2) is 0 Å². The highest BCUT2D eigenvalue weighted by molar-refractivity contribution is 5.74. The van der Waals surface area contributed by atoms with E-state index in [1.54, 1.807) is 0 Å². The zero-order valence-electron chi connectivity index (χ0n) is 12.0. The Bertz CT molecular complexity index is 556. The van der Waals surface area contributed by atoms with Gasteiger partial charge in [-0.15, -0.1) is 0 Å². The molecule has 0 saturated heterocycles. The largest absolute Gasteiger partial charge is 0.397 e. The third-order valence-corrected chi connectivity index (χ3v) is 3.44. The molecular weight excluding hydrogens is 232 g/mol. The Morgan fingerprint density at radius 1 is 1.00 bits per heavy atom. The molecule has 100 valence electrons. The number of nitrogens with one attached hydrogen (secondary N) is 1. The van der Waals surface area contributed by atoms with Crippen LogP contribution < -0.4 is 11.1 Å². The van der Waals surface area contributed by atoms with Crippen molar-refractivity contribution in [2.24, 2.45) is 0 Å². The van der Waals surface area contributed by atoms with Crippen LogP contribution in [0.15, 0.2) is 36.4 Å². The lowest BCUT2D eigenvalue weighted by molar-refractivity contribution is 0.922. The molecule has 2 rings (SSSR count). The highest BCUT2D eigenvalue weighted by Gasteiger charge is 2.03. The molecule has 0 aliphatic carbocycles. The second-order valence-electron chi connectivity index (χ2n) is 5.10. The number of hydrogen-bond acceptors (Lipinski definition) is 2. The highest BCUT2D eigenvalue weighted by Crippen LogP contribution is 2.26. The zero-order valence-corrected chi connectivity index (χ0v) is 12.0. The number of benzene rings is 2. The Morgan fingerprint density at radius 3 is 2.26 bits per heavy atom. The lowest BCUT2D eigenvalue weighted by Crippen LogP contribution is -1.98. The Labute approximate surface area is 115 Å². The third-order valence-electron chi connectivity index (χ3n) is 3.44. The van der Waals surface area contributed by atoms with E-state index >= 15 is 0 Å². The molecule has 3 N–H and O–H groups in total. The summed E-state index contributed by atoms with van der Waals surface area (Å²) < 4.78 is 0. The molecule has 2 nitrogen and oxygen atoms in total. The molecule has 0 fully saturated rings. The first-order valence-electron chi connectivity index (χ1n) is 6.83. The zero-order chi connectivity index (χ0) is 13.8. The van der Waals surface area contributed by atoms with Crippen LogP contribution >= 0.6 is 0 Å². The van der Waals surface area contributed by atoms with Gasteiger partial charge in [-0.05, 0) is 61.2 Å². The first-order chi connectivity index (χ1) is 9.10. The summed E-state index contributed by atoms with van der Waals surface area (Å²) in [7, 11) is 0. The van der Waals surface area contributed by atoms with Gasteiger partial charge in [-0.1, -0.05) is 25.5 Å². The van der Waals surface area contributed by atoms with Gasteiger partial charge in [-0.25, -0.2) is 0 Å². The third kappa shape index (κ3) is 3.28. The first kappa shape index (κ1) is 13.5. The SMILES string of the molecule is CCCc1ccc(Nc2cc(C)c(C)cc2N)cc1. The predicted octanol–water partition coefficient (Wildman–Crippen LogP) is 4.58. The summed E-state index contributed by atoms with van der Waals surface area (Å²) in [6.45, 7) is 6.38. The van der Waals surface area contributed by atoms with E-state index in [-0.39, 0.29) is 0 Å². The maximum Gasteiger partial charge on any atom is 0.0620 e. The molecule has 0 spiro atoms. The van der Waals surface area contributed by atoms with Gasteiger partial charge in [0.25, 0.3) is 0 Å². The molecule has 0 amide bonds. The average molecular weight is 254 g/mol. The normalized spacial score (nSPS) is 10.5. The fraction of sp³-hybridized carbons (Fsp3) is 0.294. The van der Waals surface area contributed by atoms with E-state index in [1.807, 2.05) is 6.07 Å². The molecule has 2 aromatic rings.